The summed E-state index contributed by atoms with van der Waals surface area (Å²) in [6.07, 6.45) is 0.410. The number of hydrogen-bond donors (Lipinski definition) is 0. The Kier molecular flexibility index (Phi) is 7.39. The highest BCUT2D eigenvalue weighted by Crippen LogP contribution is 2.67. The van der Waals surface area contributed by atoms with Crippen molar-refractivity contribution in [3.8, 4) is 23.0 Å². The maximum Gasteiger partial charge on any atom is 0.346 e. The largest absolute Gasteiger partial charge is 0.462 e. The summed E-state index contributed by atoms with van der Waals surface area (Å²) < 4.78 is 36.0. The van der Waals surface area contributed by atoms with Gasteiger partial charge in [0.25, 0.3) is 0 Å². The fourth-order valence-electron chi connectivity index (χ4n) is 5.56. The van der Waals surface area contributed by atoms with E-state index in [9.17, 15) is 9.59 Å². The summed E-state index contributed by atoms with van der Waals surface area (Å²) >= 11 is 6.89. The summed E-state index contributed by atoms with van der Waals surface area (Å²) in [6.45, 7) is 20.0. The lowest BCUT2D eigenvalue weighted by Crippen LogP contribution is -2.31. The third-order valence-corrected chi connectivity index (χ3v) is 12.7. The Morgan fingerprint density at radius 1 is 0.558 bits per heavy atom. The van der Waals surface area contributed by atoms with E-state index in [1.54, 1.807) is 81.7 Å². The number of thioether (sulfide) groups is 4. The van der Waals surface area contributed by atoms with E-state index in [0.29, 0.717) is 41.6 Å². The van der Waals surface area contributed by atoms with Crippen molar-refractivity contribution in [2.45, 2.75) is 115 Å². The lowest BCUT2D eigenvalue weighted by atomic mass is 9.98. The first-order valence-corrected chi connectivity index (χ1v) is 17.5. The van der Waals surface area contributed by atoms with Crippen molar-refractivity contribution in [2.24, 2.45) is 0 Å². The van der Waals surface area contributed by atoms with Crippen molar-refractivity contribution in [2.75, 3.05) is 13.2 Å². The lowest BCUT2D eigenvalue weighted by Gasteiger charge is -2.20. The molecule has 0 atom stereocenters. The van der Waals surface area contributed by atoms with Crippen molar-refractivity contribution in [3.05, 3.63) is 22.3 Å². The van der Waals surface area contributed by atoms with Crippen LogP contribution in [0.3, 0.4) is 0 Å². The molecule has 2 aromatic carbocycles. The average Bonchev–Trinajstić information content (AvgIpc) is 3.56. The van der Waals surface area contributed by atoms with Crippen LogP contribution < -0.4 is 18.9 Å². The predicted octanol–water partition coefficient (Wildman–Crippen LogP) is 8.51. The summed E-state index contributed by atoms with van der Waals surface area (Å²) in [5.74, 6) is -1.45. The molecular weight excluding hydrogens is 629 g/mol. The van der Waals surface area contributed by atoms with Gasteiger partial charge in [-0.2, -0.15) is 0 Å². The minimum Gasteiger partial charge on any atom is -0.462 e. The van der Waals surface area contributed by atoms with Crippen LogP contribution in [0.4, 0.5) is 0 Å². The molecule has 0 aliphatic carbocycles. The van der Waals surface area contributed by atoms with Crippen LogP contribution in [-0.4, -0.2) is 44.9 Å². The van der Waals surface area contributed by atoms with E-state index in [1.807, 2.05) is 6.92 Å². The highest BCUT2D eigenvalue weighted by atomic mass is 32.2. The molecule has 232 valence electrons. The molecule has 0 spiro atoms. The zero-order valence-electron chi connectivity index (χ0n) is 26.0. The molecule has 0 bridgehead atoms. The summed E-state index contributed by atoms with van der Waals surface area (Å²) in [7, 11) is 0. The van der Waals surface area contributed by atoms with Crippen molar-refractivity contribution in [1.82, 2.24) is 0 Å². The van der Waals surface area contributed by atoms with Gasteiger partial charge in [0, 0.05) is 59.3 Å². The fraction of sp³-hybridized carbons (Fsp3) is 0.548. The lowest BCUT2D eigenvalue weighted by molar-refractivity contribution is -0.0494. The molecule has 0 unspecified atom stereocenters. The Labute approximate surface area is 269 Å². The quantitative estimate of drug-likeness (QED) is 0.277. The Bertz CT molecular complexity index is 1370. The number of hydrogen-bond acceptors (Lipinski definition) is 12. The summed E-state index contributed by atoms with van der Waals surface area (Å²) in [5, 5.41) is 0. The Morgan fingerprint density at radius 3 is 1.35 bits per heavy atom. The fourth-order valence-corrected chi connectivity index (χ4v) is 11.5. The molecule has 4 aliphatic rings. The van der Waals surface area contributed by atoms with Gasteiger partial charge in [-0.05, 0) is 47.1 Å². The normalized spacial score (nSPS) is 20.5. The van der Waals surface area contributed by atoms with Gasteiger partial charge in [0.15, 0.2) is 28.6 Å². The minimum atomic E-state index is -1.03. The summed E-state index contributed by atoms with van der Waals surface area (Å²) in [5.41, 5.74) is 2.63. The van der Waals surface area contributed by atoms with E-state index in [-0.39, 0.29) is 26.3 Å². The zero-order chi connectivity index (χ0) is 31.3. The van der Waals surface area contributed by atoms with Crippen LogP contribution in [0, 0.1) is 0 Å². The molecule has 0 aromatic heterocycles. The predicted molar refractivity (Wildman–Crippen MR) is 170 cm³/mol. The van der Waals surface area contributed by atoms with E-state index < -0.39 is 17.5 Å². The van der Waals surface area contributed by atoms with E-state index >= 15 is 0 Å². The van der Waals surface area contributed by atoms with Crippen molar-refractivity contribution < 1.29 is 38.0 Å². The maximum absolute atomic E-state index is 13.5. The monoisotopic (exact) mass is 664 g/mol. The number of carbonyl (C=O) groups is 2. The van der Waals surface area contributed by atoms with Crippen molar-refractivity contribution in [1.29, 1.82) is 0 Å². The molecule has 43 heavy (non-hydrogen) atoms. The van der Waals surface area contributed by atoms with Crippen LogP contribution in [0.1, 0.15) is 101 Å². The number of fused-ring (bicyclic) bond motifs is 4. The second-order valence-electron chi connectivity index (χ2n) is 12.4. The minimum absolute atomic E-state index is 0.164. The average molecular weight is 665 g/mol. The molecule has 12 heteroatoms. The molecule has 2 aromatic rings. The van der Waals surface area contributed by atoms with Crippen molar-refractivity contribution in [3.63, 3.8) is 0 Å². The smallest absolute Gasteiger partial charge is 0.346 e. The number of carbonyl (C=O) groups excluding carboxylic acids is 2. The van der Waals surface area contributed by atoms with Gasteiger partial charge in [-0.15, -0.1) is 47.0 Å². The molecule has 8 nitrogen and oxygen atoms in total. The van der Waals surface area contributed by atoms with E-state index in [0.717, 1.165) is 30.7 Å². The third-order valence-electron chi connectivity index (χ3n) is 6.93. The zero-order valence-corrected chi connectivity index (χ0v) is 29.3. The maximum atomic E-state index is 13.5. The highest BCUT2D eigenvalue weighted by molar-refractivity contribution is 8.21. The van der Waals surface area contributed by atoms with Gasteiger partial charge in [-0.3, -0.25) is 0 Å². The molecule has 0 N–H and O–H groups in total. The van der Waals surface area contributed by atoms with Gasteiger partial charge in [-0.25, -0.2) is 9.59 Å². The van der Waals surface area contributed by atoms with E-state index in [4.69, 9.17) is 28.4 Å². The highest BCUT2D eigenvalue weighted by Gasteiger charge is 2.49. The standard InChI is InChI=1S/C31H36O8S4/c1-11-34-26(32)16-20-18(36-28(3,4)38-20)14(19-21(16)39-29(5,6)37-19)13-15-22-24(42-30(7,8)40-22)17(27(33)35-12-2)25-23(15)41-31(9,10)43-25/h11-13H2,1-10H3. The molecule has 4 heterocycles. The first kappa shape index (κ1) is 31.0. The molecule has 0 radical (unpaired) electrons. The summed E-state index contributed by atoms with van der Waals surface area (Å²) in [4.78, 5) is 30.8. The molecule has 4 aliphatic heterocycles. The number of ether oxygens (including phenoxy) is 6. The Hall–Kier alpha value is -2.02. The molecule has 0 amide bonds. The van der Waals surface area contributed by atoms with Crippen LogP contribution in [-0.2, 0) is 15.9 Å². The SMILES string of the molecule is CCOC(=O)c1c2c(c(Cc3c4c(c(C(=O)OCC)c5c3SC(C)(C)S5)SC(C)(C)S4)c3c1OC(C)(C)O3)OC(C)(C)O2. The summed E-state index contributed by atoms with van der Waals surface area (Å²) in [6, 6.07) is 0. The van der Waals surface area contributed by atoms with Gasteiger partial charge < -0.3 is 28.4 Å². The Balaban J connectivity index is 1.62. The van der Waals surface area contributed by atoms with Gasteiger partial charge in [0.1, 0.15) is 0 Å². The molecule has 0 fully saturated rings. The van der Waals surface area contributed by atoms with Gasteiger partial charge in [-0.1, -0.05) is 0 Å². The van der Waals surface area contributed by atoms with Crippen LogP contribution in [0.15, 0.2) is 19.6 Å². The number of esters is 2. The van der Waals surface area contributed by atoms with E-state index in [2.05, 4.69) is 27.7 Å². The van der Waals surface area contributed by atoms with Crippen LogP contribution in [0.2, 0.25) is 0 Å². The first-order chi connectivity index (χ1) is 20.0. The van der Waals surface area contributed by atoms with Crippen LogP contribution >= 0.6 is 47.0 Å². The molecule has 0 saturated carbocycles. The Morgan fingerprint density at radius 2 is 0.930 bits per heavy atom. The second kappa shape index (κ2) is 10.3. The first-order valence-electron chi connectivity index (χ1n) is 14.3. The van der Waals surface area contributed by atoms with Gasteiger partial charge in [0.05, 0.1) is 26.9 Å². The van der Waals surface area contributed by atoms with E-state index in [1.165, 1.54) is 0 Å². The van der Waals surface area contributed by atoms with Crippen LogP contribution in [0.25, 0.3) is 0 Å². The van der Waals surface area contributed by atoms with Gasteiger partial charge in [0.2, 0.25) is 11.6 Å². The molecule has 6 rings (SSSR count). The third kappa shape index (κ3) is 5.33. The number of rotatable bonds is 6. The second-order valence-corrected chi connectivity index (χ2v) is 19.4. The van der Waals surface area contributed by atoms with Crippen molar-refractivity contribution >= 4 is 59.0 Å². The van der Waals surface area contributed by atoms with Gasteiger partial charge >= 0.3 is 11.9 Å². The van der Waals surface area contributed by atoms with Crippen LogP contribution in [0.5, 0.6) is 23.0 Å². The topological polar surface area (TPSA) is 89.5 Å². The molecule has 0 saturated heterocycles. The number of benzene rings is 2. The molecular formula is C31H36O8S4.